The highest BCUT2D eigenvalue weighted by Crippen LogP contribution is 2.44. The van der Waals surface area contributed by atoms with E-state index in [1.807, 2.05) is 0 Å². The summed E-state index contributed by atoms with van der Waals surface area (Å²) in [4.78, 5) is 0. The van der Waals surface area contributed by atoms with Crippen molar-refractivity contribution in [2.24, 2.45) is 0 Å². The number of rotatable bonds is 1. The molecule has 1 aromatic carbocycles. The molecule has 0 bridgehead atoms. The molecule has 0 aromatic heterocycles. The molecule has 0 spiro atoms. The lowest BCUT2D eigenvalue weighted by Crippen LogP contribution is -2.33. The van der Waals surface area contributed by atoms with Crippen molar-refractivity contribution in [3.8, 4) is 6.07 Å². The third-order valence-corrected chi connectivity index (χ3v) is 3.36. The second kappa shape index (κ2) is 3.36. The largest absolute Gasteiger partial charge is 0.207 e. The molecule has 1 aliphatic rings. The lowest BCUT2D eigenvalue weighted by molar-refractivity contribution is 0.313. The van der Waals surface area contributed by atoms with Gasteiger partial charge in [0.15, 0.2) is 0 Å². The molecule has 2 rings (SSSR count). The Hall–Kier alpha value is -0.880. The van der Waals surface area contributed by atoms with E-state index in [1.165, 1.54) is 6.07 Å². The summed E-state index contributed by atoms with van der Waals surface area (Å²) in [5, 5.41) is 9.07. The summed E-state index contributed by atoms with van der Waals surface area (Å²) in [7, 11) is 0. The van der Waals surface area contributed by atoms with Gasteiger partial charge in [0.05, 0.1) is 11.5 Å². The van der Waals surface area contributed by atoms with Gasteiger partial charge >= 0.3 is 0 Å². The SMILES string of the molecule is N#CC1(c2cc(Br)ccc2F)CCC1. The van der Waals surface area contributed by atoms with Crippen molar-refractivity contribution in [3.05, 3.63) is 34.1 Å². The highest BCUT2D eigenvalue weighted by molar-refractivity contribution is 9.10. The van der Waals surface area contributed by atoms with E-state index in [9.17, 15) is 4.39 Å². The Kier molecular flexibility index (Phi) is 2.32. The zero-order valence-corrected chi connectivity index (χ0v) is 9.14. The summed E-state index contributed by atoms with van der Waals surface area (Å²) < 4.78 is 14.3. The summed E-state index contributed by atoms with van der Waals surface area (Å²) >= 11 is 3.30. The van der Waals surface area contributed by atoms with Gasteiger partial charge in [-0.15, -0.1) is 0 Å². The predicted molar refractivity (Wildman–Crippen MR) is 55.2 cm³/mol. The van der Waals surface area contributed by atoms with Crippen LogP contribution in [0.15, 0.2) is 22.7 Å². The molecule has 14 heavy (non-hydrogen) atoms. The number of halogens is 2. The van der Waals surface area contributed by atoms with E-state index < -0.39 is 5.41 Å². The fraction of sp³-hybridized carbons (Fsp3) is 0.364. The molecular formula is C11H9BrFN. The molecule has 0 aliphatic heterocycles. The molecule has 0 N–H and O–H groups in total. The number of hydrogen-bond donors (Lipinski definition) is 0. The maximum Gasteiger partial charge on any atom is 0.128 e. The van der Waals surface area contributed by atoms with Gasteiger partial charge in [0.2, 0.25) is 0 Å². The number of nitriles is 1. The Labute approximate surface area is 90.7 Å². The minimum absolute atomic E-state index is 0.269. The average Bonchev–Trinajstić information content (AvgIpc) is 2.10. The van der Waals surface area contributed by atoms with E-state index in [0.717, 1.165) is 23.7 Å². The van der Waals surface area contributed by atoms with Crippen LogP contribution in [0.4, 0.5) is 4.39 Å². The standard InChI is InChI=1S/C11H9BrFN/c12-8-2-3-10(13)9(6-8)11(7-14)4-1-5-11/h2-3,6H,1,4-5H2. The van der Waals surface area contributed by atoms with Crippen LogP contribution < -0.4 is 0 Å². The van der Waals surface area contributed by atoms with Gasteiger partial charge in [-0.1, -0.05) is 15.9 Å². The van der Waals surface area contributed by atoms with Gasteiger partial charge in [-0.3, -0.25) is 0 Å². The second-order valence-electron chi connectivity index (χ2n) is 3.67. The van der Waals surface area contributed by atoms with Gasteiger partial charge in [-0.05, 0) is 37.5 Å². The zero-order valence-electron chi connectivity index (χ0n) is 7.56. The molecule has 1 saturated carbocycles. The van der Waals surface area contributed by atoms with Crippen LogP contribution in [-0.4, -0.2) is 0 Å². The van der Waals surface area contributed by atoms with Crippen LogP contribution in [0.1, 0.15) is 24.8 Å². The van der Waals surface area contributed by atoms with Crippen molar-refractivity contribution in [1.29, 1.82) is 5.26 Å². The van der Waals surface area contributed by atoms with E-state index in [2.05, 4.69) is 22.0 Å². The second-order valence-corrected chi connectivity index (χ2v) is 4.59. The average molecular weight is 254 g/mol. The van der Waals surface area contributed by atoms with Crippen molar-refractivity contribution >= 4 is 15.9 Å². The minimum Gasteiger partial charge on any atom is -0.207 e. The molecule has 0 unspecified atom stereocenters. The van der Waals surface area contributed by atoms with Crippen molar-refractivity contribution in [3.63, 3.8) is 0 Å². The highest BCUT2D eigenvalue weighted by atomic mass is 79.9. The van der Waals surface area contributed by atoms with Crippen LogP contribution >= 0.6 is 15.9 Å². The Morgan fingerprint density at radius 1 is 1.43 bits per heavy atom. The summed E-state index contributed by atoms with van der Waals surface area (Å²) in [5.41, 5.74) is -0.0194. The van der Waals surface area contributed by atoms with E-state index in [-0.39, 0.29) is 5.82 Å². The normalized spacial score (nSPS) is 18.4. The van der Waals surface area contributed by atoms with Gasteiger partial charge in [0.25, 0.3) is 0 Å². The fourth-order valence-corrected chi connectivity index (χ4v) is 2.20. The Morgan fingerprint density at radius 2 is 2.14 bits per heavy atom. The molecule has 1 nitrogen and oxygen atoms in total. The summed E-state index contributed by atoms with van der Waals surface area (Å²) in [6.45, 7) is 0. The van der Waals surface area contributed by atoms with Crippen molar-refractivity contribution in [2.75, 3.05) is 0 Å². The summed E-state index contributed by atoms with van der Waals surface area (Å²) in [6.07, 6.45) is 2.56. The molecule has 0 heterocycles. The van der Waals surface area contributed by atoms with Crippen molar-refractivity contribution in [1.82, 2.24) is 0 Å². The molecule has 1 fully saturated rings. The zero-order chi connectivity index (χ0) is 10.2. The molecule has 72 valence electrons. The van der Waals surface area contributed by atoms with Crippen LogP contribution in [0.3, 0.4) is 0 Å². The molecule has 1 aliphatic carbocycles. The first-order chi connectivity index (χ1) is 6.68. The Morgan fingerprint density at radius 3 is 2.64 bits per heavy atom. The maximum absolute atomic E-state index is 13.5. The highest BCUT2D eigenvalue weighted by Gasteiger charge is 2.40. The summed E-state index contributed by atoms with van der Waals surface area (Å²) in [5.74, 6) is -0.269. The first kappa shape index (κ1) is 9.67. The van der Waals surface area contributed by atoms with Crippen LogP contribution in [0.25, 0.3) is 0 Å². The molecule has 0 saturated heterocycles. The molecule has 1 aromatic rings. The van der Waals surface area contributed by atoms with Crippen LogP contribution in [0.2, 0.25) is 0 Å². The van der Waals surface area contributed by atoms with E-state index >= 15 is 0 Å². The fourth-order valence-electron chi connectivity index (χ4n) is 1.84. The topological polar surface area (TPSA) is 23.8 Å². The third-order valence-electron chi connectivity index (χ3n) is 2.87. The number of benzene rings is 1. The first-order valence-corrected chi connectivity index (χ1v) is 5.34. The lowest BCUT2D eigenvalue weighted by atomic mass is 9.65. The molecule has 0 amide bonds. The Bertz CT molecular complexity index is 404. The minimum atomic E-state index is -0.562. The lowest BCUT2D eigenvalue weighted by Gasteiger charge is -2.35. The molecule has 3 heteroatoms. The molecule has 0 atom stereocenters. The molecular weight excluding hydrogens is 245 g/mol. The molecule has 0 radical (unpaired) electrons. The quantitative estimate of drug-likeness (QED) is 0.752. The predicted octanol–water partition coefficient (Wildman–Crippen LogP) is 3.53. The summed E-state index contributed by atoms with van der Waals surface area (Å²) in [6, 6.07) is 7.03. The monoisotopic (exact) mass is 253 g/mol. The van der Waals surface area contributed by atoms with Crippen molar-refractivity contribution < 1.29 is 4.39 Å². The number of nitrogens with zero attached hydrogens (tertiary/aromatic N) is 1. The Balaban J connectivity index is 2.50. The van der Waals surface area contributed by atoms with Crippen LogP contribution in [0.5, 0.6) is 0 Å². The van der Waals surface area contributed by atoms with Gasteiger partial charge in [-0.2, -0.15) is 5.26 Å². The van der Waals surface area contributed by atoms with Gasteiger partial charge in [-0.25, -0.2) is 4.39 Å². The van der Waals surface area contributed by atoms with E-state index in [0.29, 0.717) is 5.56 Å². The van der Waals surface area contributed by atoms with E-state index in [4.69, 9.17) is 5.26 Å². The van der Waals surface area contributed by atoms with Gasteiger partial charge < -0.3 is 0 Å². The van der Waals surface area contributed by atoms with Crippen molar-refractivity contribution in [2.45, 2.75) is 24.7 Å². The maximum atomic E-state index is 13.5. The van der Waals surface area contributed by atoms with Crippen LogP contribution in [0, 0.1) is 17.1 Å². The van der Waals surface area contributed by atoms with Gasteiger partial charge in [0.1, 0.15) is 5.82 Å². The number of hydrogen-bond acceptors (Lipinski definition) is 1. The smallest absolute Gasteiger partial charge is 0.128 e. The van der Waals surface area contributed by atoms with E-state index in [1.54, 1.807) is 12.1 Å². The third kappa shape index (κ3) is 1.34. The van der Waals surface area contributed by atoms with Gasteiger partial charge in [0, 0.05) is 10.0 Å². The first-order valence-electron chi connectivity index (χ1n) is 4.55. The van der Waals surface area contributed by atoms with Crippen LogP contribution in [-0.2, 0) is 5.41 Å².